The maximum absolute atomic E-state index is 13.6. The Bertz CT molecular complexity index is 545. The molecular formula is C12H12BrF2N3. The van der Waals surface area contributed by atoms with Crippen LogP contribution in [0.15, 0.2) is 29.0 Å². The molecule has 0 aliphatic carbocycles. The fourth-order valence-electron chi connectivity index (χ4n) is 1.64. The summed E-state index contributed by atoms with van der Waals surface area (Å²) in [6.45, 7) is 1.82. The van der Waals surface area contributed by atoms with Gasteiger partial charge in [-0.3, -0.25) is 4.68 Å². The van der Waals surface area contributed by atoms with Gasteiger partial charge in [0.25, 0.3) is 0 Å². The molecular weight excluding hydrogens is 304 g/mol. The summed E-state index contributed by atoms with van der Waals surface area (Å²) in [7, 11) is 1.79. The summed E-state index contributed by atoms with van der Waals surface area (Å²) in [6.07, 6.45) is 3.46. The molecule has 0 spiro atoms. The molecule has 0 amide bonds. The van der Waals surface area contributed by atoms with E-state index in [1.165, 1.54) is 12.1 Å². The zero-order valence-corrected chi connectivity index (χ0v) is 11.5. The van der Waals surface area contributed by atoms with Crippen LogP contribution in [-0.4, -0.2) is 9.78 Å². The van der Waals surface area contributed by atoms with E-state index in [-0.39, 0.29) is 11.7 Å². The molecule has 0 saturated carbocycles. The molecule has 0 fully saturated rings. The Morgan fingerprint density at radius 2 is 1.94 bits per heavy atom. The monoisotopic (exact) mass is 315 g/mol. The van der Waals surface area contributed by atoms with Crippen LogP contribution in [0.1, 0.15) is 18.5 Å². The third-order valence-electron chi connectivity index (χ3n) is 2.59. The van der Waals surface area contributed by atoms with Gasteiger partial charge >= 0.3 is 0 Å². The minimum Gasteiger partial charge on any atom is -0.374 e. The minimum absolute atomic E-state index is 0.130. The fraction of sp³-hybridized carbons (Fsp3) is 0.250. The number of aryl methyl sites for hydroxylation is 1. The van der Waals surface area contributed by atoms with E-state index < -0.39 is 11.6 Å². The second kappa shape index (κ2) is 5.06. The van der Waals surface area contributed by atoms with Gasteiger partial charge in [0.2, 0.25) is 0 Å². The predicted molar refractivity (Wildman–Crippen MR) is 69.3 cm³/mol. The molecule has 0 saturated heterocycles. The molecule has 18 heavy (non-hydrogen) atoms. The fourth-order valence-corrected chi connectivity index (χ4v) is 2.05. The molecule has 1 aromatic carbocycles. The molecule has 2 rings (SSSR count). The highest BCUT2D eigenvalue weighted by atomic mass is 79.9. The van der Waals surface area contributed by atoms with Crippen LogP contribution in [0, 0.1) is 11.6 Å². The molecule has 0 aliphatic heterocycles. The lowest BCUT2D eigenvalue weighted by Crippen LogP contribution is -2.09. The Kier molecular flexibility index (Phi) is 3.65. The van der Waals surface area contributed by atoms with Crippen molar-refractivity contribution in [2.45, 2.75) is 13.0 Å². The Morgan fingerprint density at radius 3 is 2.44 bits per heavy atom. The topological polar surface area (TPSA) is 29.9 Å². The predicted octanol–water partition coefficient (Wildman–Crippen LogP) is 3.63. The van der Waals surface area contributed by atoms with E-state index >= 15 is 0 Å². The van der Waals surface area contributed by atoms with Crippen LogP contribution < -0.4 is 5.32 Å². The number of nitrogens with zero attached hydrogens (tertiary/aromatic N) is 2. The van der Waals surface area contributed by atoms with E-state index in [0.717, 1.165) is 5.56 Å². The van der Waals surface area contributed by atoms with Crippen molar-refractivity contribution < 1.29 is 8.78 Å². The number of aromatic nitrogens is 2. The molecule has 1 heterocycles. The van der Waals surface area contributed by atoms with Crippen molar-refractivity contribution in [3.05, 3.63) is 46.2 Å². The van der Waals surface area contributed by atoms with Gasteiger partial charge in [-0.15, -0.1) is 0 Å². The maximum atomic E-state index is 13.6. The first-order valence-electron chi connectivity index (χ1n) is 5.37. The van der Waals surface area contributed by atoms with Crippen LogP contribution >= 0.6 is 15.9 Å². The van der Waals surface area contributed by atoms with Gasteiger partial charge < -0.3 is 5.32 Å². The lowest BCUT2D eigenvalue weighted by molar-refractivity contribution is 0.583. The van der Waals surface area contributed by atoms with E-state index in [9.17, 15) is 8.78 Å². The highest BCUT2D eigenvalue weighted by Crippen LogP contribution is 2.27. The van der Waals surface area contributed by atoms with Gasteiger partial charge in [-0.25, -0.2) is 8.78 Å². The van der Waals surface area contributed by atoms with Gasteiger partial charge in [0.15, 0.2) is 0 Å². The number of benzene rings is 1. The Morgan fingerprint density at radius 1 is 1.33 bits per heavy atom. The molecule has 1 unspecified atom stereocenters. The van der Waals surface area contributed by atoms with E-state index in [2.05, 4.69) is 26.3 Å². The first-order chi connectivity index (χ1) is 8.47. The van der Waals surface area contributed by atoms with Crippen molar-refractivity contribution in [3.63, 3.8) is 0 Å². The molecule has 96 valence electrons. The number of nitrogens with one attached hydrogen (secondary N) is 1. The molecule has 0 aliphatic rings. The molecule has 1 aromatic heterocycles. The summed E-state index contributed by atoms with van der Waals surface area (Å²) >= 11 is 3.04. The van der Waals surface area contributed by atoms with Crippen LogP contribution in [0.2, 0.25) is 0 Å². The highest BCUT2D eigenvalue weighted by Gasteiger charge is 2.14. The first-order valence-corrected chi connectivity index (χ1v) is 6.16. The molecule has 6 heteroatoms. The van der Waals surface area contributed by atoms with Crippen molar-refractivity contribution in [2.75, 3.05) is 5.32 Å². The summed E-state index contributed by atoms with van der Waals surface area (Å²) in [5.74, 6) is -1.25. The third kappa shape index (κ3) is 2.69. The average molecular weight is 316 g/mol. The second-order valence-corrected chi connectivity index (χ2v) is 4.97. The zero-order valence-electron chi connectivity index (χ0n) is 9.92. The van der Waals surface area contributed by atoms with Gasteiger partial charge in [0.05, 0.1) is 12.2 Å². The van der Waals surface area contributed by atoms with Gasteiger partial charge in [-0.05, 0) is 19.1 Å². The normalized spacial score (nSPS) is 12.5. The number of hydrogen-bond acceptors (Lipinski definition) is 2. The van der Waals surface area contributed by atoms with Crippen molar-refractivity contribution >= 4 is 21.6 Å². The van der Waals surface area contributed by atoms with Crippen molar-refractivity contribution in [2.24, 2.45) is 7.05 Å². The smallest absolute Gasteiger partial charge is 0.150 e. The number of hydrogen-bond donors (Lipinski definition) is 1. The van der Waals surface area contributed by atoms with Crippen LogP contribution in [-0.2, 0) is 7.05 Å². The van der Waals surface area contributed by atoms with Gasteiger partial charge in [0, 0.05) is 23.3 Å². The Balaban J connectivity index is 2.24. The van der Waals surface area contributed by atoms with Gasteiger partial charge in [0.1, 0.15) is 17.3 Å². The van der Waals surface area contributed by atoms with Crippen LogP contribution in [0.25, 0.3) is 0 Å². The van der Waals surface area contributed by atoms with E-state index in [1.54, 1.807) is 24.1 Å². The van der Waals surface area contributed by atoms with Gasteiger partial charge in [-0.2, -0.15) is 5.10 Å². The van der Waals surface area contributed by atoms with Crippen molar-refractivity contribution in [1.29, 1.82) is 0 Å². The van der Waals surface area contributed by atoms with E-state index in [0.29, 0.717) is 4.47 Å². The van der Waals surface area contributed by atoms with Crippen LogP contribution in [0.3, 0.4) is 0 Å². The summed E-state index contributed by atoms with van der Waals surface area (Å²) in [6, 6.07) is 2.21. The average Bonchev–Trinajstić information content (AvgIpc) is 2.70. The molecule has 0 radical (unpaired) electrons. The number of halogens is 3. The highest BCUT2D eigenvalue weighted by molar-refractivity contribution is 9.10. The molecule has 3 nitrogen and oxygen atoms in total. The molecule has 1 N–H and O–H groups in total. The van der Waals surface area contributed by atoms with Crippen molar-refractivity contribution in [3.8, 4) is 0 Å². The zero-order chi connectivity index (χ0) is 13.3. The standard InChI is InChI=1S/C12H12BrF2N3/c1-7(8-5-16-18(2)6-8)17-12-10(14)3-9(13)4-11(12)15/h3-7,17H,1-2H3. The SMILES string of the molecule is CC(Nc1c(F)cc(Br)cc1F)c1cnn(C)c1. The summed E-state index contributed by atoms with van der Waals surface area (Å²) in [4.78, 5) is 0. The number of anilines is 1. The second-order valence-electron chi connectivity index (χ2n) is 4.06. The lowest BCUT2D eigenvalue weighted by atomic mass is 10.1. The number of rotatable bonds is 3. The molecule has 0 bridgehead atoms. The summed E-state index contributed by atoms with van der Waals surface area (Å²) in [5.41, 5.74) is 0.730. The third-order valence-corrected chi connectivity index (χ3v) is 3.05. The van der Waals surface area contributed by atoms with E-state index in [1.807, 2.05) is 6.92 Å². The van der Waals surface area contributed by atoms with Crippen LogP contribution in [0.5, 0.6) is 0 Å². The van der Waals surface area contributed by atoms with E-state index in [4.69, 9.17) is 0 Å². The van der Waals surface area contributed by atoms with Crippen LogP contribution in [0.4, 0.5) is 14.5 Å². The summed E-state index contributed by atoms with van der Waals surface area (Å²) < 4.78 is 29.3. The van der Waals surface area contributed by atoms with Crippen molar-refractivity contribution in [1.82, 2.24) is 9.78 Å². The lowest BCUT2D eigenvalue weighted by Gasteiger charge is -2.15. The Labute approximate surface area is 112 Å². The maximum Gasteiger partial charge on any atom is 0.150 e. The largest absolute Gasteiger partial charge is 0.374 e. The quantitative estimate of drug-likeness (QED) is 0.937. The molecule has 2 aromatic rings. The van der Waals surface area contributed by atoms with Gasteiger partial charge in [-0.1, -0.05) is 15.9 Å². The Hall–Kier alpha value is -1.43. The molecule has 1 atom stereocenters. The summed E-state index contributed by atoms with van der Waals surface area (Å²) in [5, 5.41) is 6.83. The first kappa shape index (κ1) is 13.0. The minimum atomic E-state index is -0.627.